The monoisotopic (exact) mass is 399 g/mol. The first kappa shape index (κ1) is 18.4. The molecule has 5 rings (SSSR count). The highest BCUT2D eigenvalue weighted by Gasteiger charge is 2.44. The Balaban J connectivity index is 1.47. The van der Waals surface area contributed by atoms with Crippen molar-refractivity contribution in [1.29, 1.82) is 0 Å². The predicted octanol–water partition coefficient (Wildman–Crippen LogP) is 3.74. The van der Waals surface area contributed by atoms with Gasteiger partial charge in [-0.05, 0) is 64.3 Å². The standard InChI is InChI=1S/C21H29N5OS/c1-28-20-22-14-16-17(23-20)13-18(24-19(16)25-9-3-2-4-10-25)27-15-21-7-5-11-26(21)12-6-8-21/h13-14H,2-12,15H2,1H3. The van der Waals surface area contributed by atoms with Gasteiger partial charge in [-0.25, -0.2) is 9.97 Å². The molecule has 3 aliphatic heterocycles. The molecule has 6 nitrogen and oxygen atoms in total. The number of hydrogen-bond donors (Lipinski definition) is 0. The summed E-state index contributed by atoms with van der Waals surface area (Å²) in [6.45, 7) is 5.28. The third-order valence-corrected chi connectivity index (χ3v) is 7.21. The number of anilines is 1. The highest BCUT2D eigenvalue weighted by molar-refractivity contribution is 7.98. The Bertz CT molecular complexity index is 844. The largest absolute Gasteiger partial charge is 0.476 e. The van der Waals surface area contributed by atoms with Crippen LogP contribution in [0.5, 0.6) is 5.88 Å². The first-order valence-corrected chi connectivity index (χ1v) is 11.8. The molecule has 0 aliphatic carbocycles. The van der Waals surface area contributed by atoms with Crippen molar-refractivity contribution in [3.63, 3.8) is 0 Å². The first-order valence-electron chi connectivity index (χ1n) is 10.6. The Morgan fingerprint density at radius 2 is 1.82 bits per heavy atom. The summed E-state index contributed by atoms with van der Waals surface area (Å²) in [5, 5.41) is 1.83. The van der Waals surface area contributed by atoms with Gasteiger partial charge in [-0.15, -0.1) is 0 Å². The number of fused-ring (bicyclic) bond motifs is 2. The fourth-order valence-corrected chi connectivity index (χ4v) is 5.51. The molecular weight excluding hydrogens is 370 g/mol. The van der Waals surface area contributed by atoms with Crippen LogP contribution in [0.3, 0.4) is 0 Å². The fourth-order valence-electron chi connectivity index (χ4n) is 5.16. The van der Waals surface area contributed by atoms with Crippen molar-refractivity contribution in [1.82, 2.24) is 19.9 Å². The molecule has 2 aromatic rings. The molecule has 28 heavy (non-hydrogen) atoms. The number of ether oxygens (including phenoxy) is 1. The Morgan fingerprint density at radius 3 is 2.57 bits per heavy atom. The van der Waals surface area contributed by atoms with E-state index in [0.29, 0.717) is 5.88 Å². The van der Waals surface area contributed by atoms with Gasteiger partial charge in [-0.3, -0.25) is 4.90 Å². The highest BCUT2D eigenvalue weighted by Crippen LogP contribution is 2.39. The molecule has 3 fully saturated rings. The summed E-state index contributed by atoms with van der Waals surface area (Å²) in [5.74, 6) is 1.71. The Kier molecular flexibility index (Phi) is 5.05. The van der Waals surface area contributed by atoms with Gasteiger partial charge in [0.1, 0.15) is 12.4 Å². The smallest absolute Gasteiger partial charge is 0.217 e. The Morgan fingerprint density at radius 1 is 1.04 bits per heavy atom. The van der Waals surface area contributed by atoms with Crippen LogP contribution >= 0.6 is 11.8 Å². The zero-order valence-electron chi connectivity index (χ0n) is 16.7. The van der Waals surface area contributed by atoms with E-state index in [-0.39, 0.29) is 5.54 Å². The molecule has 3 saturated heterocycles. The van der Waals surface area contributed by atoms with Gasteiger partial charge in [-0.1, -0.05) is 11.8 Å². The van der Waals surface area contributed by atoms with Gasteiger partial charge in [0, 0.05) is 25.4 Å². The average molecular weight is 400 g/mol. The van der Waals surface area contributed by atoms with Crippen molar-refractivity contribution in [3.8, 4) is 5.88 Å². The topological polar surface area (TPSA) is 54.4 Å². The van der Waals surface area contributed by atoms with E-state index in [9.17, 15) is 0 Å². The quantitative estimate of drug-likeness (QED) is 0.561. The van der Waals surface area contributed by atoms with Gasteiger partial charge in [0.15, 0.2) is 5.16 Å². The average Bonchev–Trinajstić information content (AvgIpc) is 3.32. The second kappa shape index (κ2) is 7.67. The van der Waals surface area contributed by atoms with Crippen LogP contribution in [-0.2, 0) is 0 Å². The first-order chi connectivity index (χ1) is 13.8. The van der Waals surface area contributed by atoms with E-state index in [0.717, 1.165) is 41.6 Å². The van der Waals surface area contributed by atoms with Crippen molar-refractivity contribution >= 4 is 28.5 Å². The normalized spacial score (nSPS) is 22.0. The summed E-state index contributed by atoms with van der Waals surface area (Å²) in [6.07, 6.45) is 12.8. The Labute approximate surface area is 171 Å². The van der Waals surface area contributed by atoms with Gasteiger partial charge < -0.3 is 9.64 Å². The van der Waals surface area contributed by atoms with Crippen molar-refractivity contribution in [2.75, 3.05) is 43.9 Å². The maximum absolute atomic E-state index is 6.36. The summed E-state index contributed by atoms with van der Waals surface area (Å²) >= 11 is 1.57. The third-order valence-electron chi connectivity index (χ3n) is 6.65. The summed E-state index contributed by atoms with van der Waals surface area (Å²) in [6, 6.07) is 2.01. The minimum absolute atomic E-state index is 0.234. The number of aromatic nitrogens is 3. The summed E-state index contributed by atoms with van der Waals surface area (Å²) in [7, 11) is 0. The molecule has 0 spiro atoms. The molecule has 0 bridgehead atoms. The maximum Gasteiger partial charge on any atom is 0.217 e. The molecular formula is C21H29N5OS. The molecule has 5 heterocycles. The van der Waals surface area contributed by atoms with E-state index in [2.05, 4.69) is 14.8 Å². The van der Waals surface area contributed by atoms with Crippen LogP contribution in [0.4, 0.5) is 5.82 Å². The lowest BCUT2D eigenvalue weighted by molar-refractivity contribution is 0.111. The van der Waals surface area contributed by atoms with Crippen LogP contribution in [0.15, 0.2) is 17.4 Å². The van der Waals surface area contributed by atoms with E-state index < -0.39 is 0 Å². The molecule has 0 amide bonds. The zero-order chi connectivity index (χ0) is 19.0. The number of nitrogens with zero attached hydrogens (tertiary/aromatic N) is 5. The van der Waals surface area contributed by atoms with E-state index in [1.54, 1.807) is 11.8 Å². The van der Waals surface area contributed by atoms with Crippen LogP contribution in [-0.4, -0.2) is 64.4 Å². The second-order valence-corrected chi connectivity index (χ2v) is 9.10. The lowest BCUT2D eigenvalue weighted by atomic mass is 9.95. The minimum atomic E-state index is 0.234. The van der Waals surface area contributed by atoms with Crippen molar-refractivity contribution in [2.24, 2.45) is 0 Å². The van der Waals surface area contributed by atoms with Crippen LogP contribution in [0.2, 0.25) is 0 Å². The summed E-state index contributed by atoms with van der Waals surface area (Å²) in [5.41, 5.74) is 1.18. The summed E-state index contributed by atoms with van der Waals surface area (Å²) in [4.78, 5) is 19.2. The maximum atomic E-state index is 6.36. The fraction of sp³-hybridized carbons (Fsp3) is 0.667. The Hall–Kier alpha value is -1.60. The lowest BCUT2D eigenvalue weighted by Crippen LogP contribution is -2.43. The van der Waals surface area contributed by atoms with E-state index in [1.807, 2.05) is 18.5 Å². The van der Waals surface area contributed by atoms with Crippen molar-refractivity contribution in [2.45, 2.75) is 55.6 Å². The van der Waals surface area contributed by atoms with Gasteiger partial charge in [0.25, 0.3) is 0 Å². The van der Waals surface area contributed by atoms with Gasteiger partial charge in [0.05, 0.1) is 16.4 Å². The van der Waals surface area contributed by atoms with E-state index in [4.69, 9.17) is 14.7 Å². The van der Waals surface area contributed by atoms with Crippen LogP contribution in [0.25, 0.3) is 10.9 Å². The molecule has 0 radical (unpaired) electrons. The van der Waals surface area contributed by atoms with Gasteiger partial charge in [0.2, 0.25) is 5.88 Å². The van der Waals surface area contributed by atoms with Gasteiger partial charge in [-0.2, -0.15) is 4.98 Å². The molecule has 0 atom stereocenters. The molecule has 3 aliphatic rings. The third kappa shape index (κ3) is 3.32. The van der Waals surface area contributed by atoms with Crippen LogP contribution in [0.1, 0.15) is 44.9 Å². The molecule has 0 saturated carbocycles. The van der Waals surface area contributed by atoms with Crippen LogP contribution < -0.4 is 9.64 Å². The molecule has 0 N–H and O–H groups in total. The van der Waals surface area contributed by atoms with Crippen LogP contribution in [0, 0.1) is 0 Å². The number of pyridine rings is 1. The van der Waals surface area contributed by atoms with E-state index in [1.165, 1.54) is 58.0 Å². The summed E-state index contributed by atoms with van der Waals surface area (Å²) < 4.78 is 6.36. The molecule has 0 unspecified atom stereocenters. The van der Waals surface area contributed by atoms with E-state index >= 15 is 0 Å². The molecule has 7 heteroatoms. The molecule has 150 valence electrons. The molecule has 0 aromatic carbocycles. The lowest BCUT2D eigenvalue weighted by Gasteiger charge is -2.32. The zero-order valence-corrected chi connectivity index (χ0v) is 17.5. The van der Waals surface area contributed by atoms with Crippen molar-refractivity contribution in [3.05, 3.63) is 12.3 Å². The second-order valence-electron chi connectivity index (χ2n) is 8.33. The highest BCUT2D eigenvalue weighted by atomic mass is 32.2. The minimum Gasteiger partial charge on any atom is -0.476 e. The predicted molar refractivity (Wildman–Crippen MR) is 113 cm³/mol. The number of hydrogen-bond acceptors (Lipinski definition) is 7. The number of rotatable bonds is 5. The number of thioether (sulfide) groups is 1. The number of piperidine rings is 1. The molecule has 2 aromatic heterocycles. The SMILES string of the molecule is CSc1ncc2c(N3CCCCC3)nc(OCC34CCCN3CCC4)cc2n1. The van der Waals surface area contributed by atoms with Crippen molar-refractivity contribution < 1.29 is 4.74 Å². The van der Waals surface area contributed by atoms with Gasteiger partial charge >= 0.3 is 0 Å².